The first-order chi connectivity index (χ1) is 8.29. The standard InChI is InChI=1S/C9H9N5O2S/c1-16-14-7(15)6-5-17-9(12-6)13-8-10-3-2-4-11-8/h2-5H,1H3,(H,14,15)(H,10,11,12,13). The molecule has 0 aliphatic carbocycles. The lowest BCUT2D eigenvalue weighted by Crippen LogP contribution is -2.22. The second-order valence-corrected chi connectivity index (χ2v) is 3.73. The van der Waals surface area contributed by atoms with Crippen LogP contribution in [0.2, 0.25) is 0 Å². The highest BCUT2D eigenvalue weighted by molar-refractivity contribution is 7.14. The number of amides is 1. The van der Waals surface area contributed by atoms with Crippen LogP contribution in [0.3, 0.4) is 0 Å². The van der Waals surface area contributed by atoms with Crippen LogP contribution in [0.25, 0.3) is 0 Å². The summed E-state index contributed by atoms with van der Waals surface area (Å²) in [5.74, 6) is 0.0336. The van der Waals surface area contributed by atoms with Crippen LogP contribution in [0.1, 0.15) is 10.5 Å². The van der Waals surface area contributed by atoms with E-state index in [0.717, 1.165) is 0 Å². The zero-order chi connectivity index (χ0) is 12.1. The third-order valence-corrected chi connectivity index (χ3v) is 2.47. The van der Waals surface area contributed by atoms with E-state index in [-0.39, 0.29) is 5.69 Å². The number of hydroxylamine groups is 1. The number of hydrogen-bond acceptors (Lipinski definition) is 7. The molecular weight excluding hydrogens is 242 g/mol. The molecule has 0 fully saturated rings. The minimum Gasteiger partial charge on any atom is -0.300 e. The molecule has 2 heterocycles. The van der Waals surface area contributed by atoms with Crippen molar-refractivity contribution in [1.82, 2.24) is 20.4 Å². The Hall–Kier alpha value is -2.06. The maximum Gasteiger partial charge on any atom is 0.294 e. The lowest BCUT2D eigenvalue weighted by atomic mass is 10.5. The van der Waals surface area contributed by atoms with E-state index < -0.39 is 5.91 Å². The van der Waals surface area contributed by atoms with Gasteiger partial charge in [-0.15, -0.1) is 11.3 Å². The average molecular weight is 251 g/mol. The second-order valence-electron chi connectivity index (χ2n) is 2.87. The Morgan fingerprint density at radius 1 is 1.41 bits per heavy atom. The van der Waals surface area contributed by atoms with Gasteiger partial charge in [-0.1, -0.05) is 0 Å². The first-order valence-corrected chi connectivity index (χ1v) is 5.50. The van der Waals surface area contributed by atoms with E-state index in [0.29, 0.717) is 11.1 Å². The van der Waals surface area contributed by atoms with Crippen LogP contribution in [-0.4, -0.2) is 28.0 Å². The molecule has 8 heteroatoms. The number of aromatic nitrogens is 3. The molecule has 0 atom stereocenters. The SMILES string of the molecule is CONC(=O)c1csc(Nc2ncccn2)n1. The van der Waals surface area contributed by atoms with Crippen LogP contribution in [0.15, 0.2) is 23.8 Å². The number of thiazole rings is 1. The third-order valence-electron chi connectivity index (χ3n) is 1.72. The predicted octanol–water partition coefficient (Wildman–Crippen LogP) is 0.968. The zero-order valence-corrected chi connectivity index (χ0v) is 9.69. The highest BCUT2D eigenvalue weighted by Gasteiger charge is 2.10. The molecule has 0 radical (unpaired) electrons. The van der Waals surface area contributed by atoms with Crippen molar-refractivity contribution in [2.75, 3.05) is 12.4 Å². The van der Waals surface area contributed by atoms with Crippen LogP contribution in [0, 0.1) is 0 Å². The highest BCUT2D eigenvalue weighted by atomic mass is 32.1. The van der Waals surface area contributed by atoms with E-state index in [1.807, 2.05) is 0 Å². The van der Waals surface area contributed by atoms with Gasteiger partial charge < -0.3 is 5.32 Å². The molecule has 17 heavy (non-hydrogen) atoms. The van der Waals surface area contributed by atoms with Crippen molar-refractivity contribution in [3.63, 3.8) is 0 Å². The molecule has 0 unspecified atom stereocenters. The Kier molecular flexibility index (Phi) is 3.58. The molecule has 1 amide bonds. The smallest absolute Gasteiger partial charge is 0.294 e. The fourth-order valence-corrected chi connectivity index (χ4v) is 1.72. The zero-order valence-electron chi connectivity index (χ0n) is 8.88. The van der Waals surface area contributed by atoms with Gasteiger partial charge in [-0.3, -0.25) is 9.63 Å². The number of carbonyl (C=O) groups excluding carboxylic acids is 1. The monoisotopic (exact) mass is 251 g/mol. The number of nitrogens with zero attached hydrogens (tertiary/aromatic N) is 3. The van der Waals surface area contributed by atoms with E-state index in [1.165, 1.54) is 18.4 Å². The van der Waals surface area contributed by atoms with Gasteiger partial charge in [0.2, 0.25) is 5.95 Å². The maximum atomic E-state index is 11.4. The molecule has 0 aliphatic rings. The van der Waals surface area contributed by atoms with E-state index in [2.05, 4.69) is 30.6 Å². The quantitative estimate of drug-likeness (QED) is 0.787. The van der Waals surface area contributed by atoms with Gasteiger partial charge in [-0.05, 0) is 6.07 Å². The van der Waals surface area contributed by atoms with E-state index in [9.17, 15) is 4.79 Å². The molecule has 0 saturated carbocycles. The molecule has 2 aromatic heterocycles. The summed E-state index contributed by atoms with van der Waals surface area (Å²) in [6.07, 6.45) is 3.23. The lowest BCUT2D eigenvalue weighted by molar-refractivity contribution is 0.0533. The van der Waals surface area contributed by atoms with Crippen molar-refractivity contribution in [3.05, 3.63) is 29.5 Å². The van der Waals surface area contributed by atoms with Gasteiger partial charge in [-0.2, -0.15) is 0 Å². The van der Waals surface area contributed by atoms with Gasteiger partial charge in [0.05, 0.1) is 7.11 Å². The average Bonchev–Trinajstić information content (AvgIpc) is 2.79. The topological polar surface area (TPSA) is 89.0 Å². The van der Waals surface area contributed by atoms with Crippen molar-refractivity contribution in [2.45, 2.75) is 0 Å². The molecular formula is C9H9N5O2S. The van der Waals surface area contributed by atoms with Crippen molar-refractivity contribution in [1.29, 1.82) is 0 Å². The van der Waals surface area contributed by atoms with Gasteiger partial charge in [0, 0.05) is 17.8 Å². The first-order valence-electron chi connectivity index (χ1n) is 4.62. The summed E-state index contributed by atoms with van der Waals surface area (Å²) in [6.45, 7) is 0. The first kappa shape index (κ1) is 11.4. The molecule has 2 N–H and O–H groups in total. The molecule has 0 aliphatic heterocycles. The summed E-state index contributed by atoms with van der Waals surface area (Å²) in [6, 6.07) is 1.71. The third kappa shape index (κ3) is 2.95. The van der Waals surface area contributed by atoms with Crippen LogP contribution in [0.4, 0.5) is 11.1 Å². The summed E-state index contributed by atoms with van der Waals surface area (Å²) in [5, 5.41) is 5.04. The molecule has 2 rings (SSSR count). The lowest BCUT2D eigenvalue weighted by Gasteiger charge is -1.98. The molecule has 2 aromatic rings. The molecule has 0 bridgehead atoms. The fourth-order valence-electron chi connectivity index (χ4n) is 1.04. The van der Waals surface area contributed by atoms with Crippen LogP contribution >= 0.6 is 11.3 Å². The second kappa shape index (κ2) is 5.32. The summed E-state index contributed by atoms with van der Waals surface area (Å²) in [7, 11) is 1.36. The Balaban J connectivity index is 2.06. The van der Waals surface area contributed by atoms with Crippen molar-refractivity contribution < 1.29 is 9.63 Å². The fraction of sp³-hybridized carbons (Fsp3) is 0.111. The van der Waals surface area contributed by atoms with Crippen LogP contribution in [0.5, 0.6) is 0 Å². The van der Waals surface area contributed by atoms with Crippen molar-refractivity contribution in [2.24, 2.45) is 0 Å². The molecule has 7 nitrogen and oxygen atoms in total. The van der Waals surface area contributed by atoms with E-state index in [4.69, 9.17) is 0 Å². The predicted molar refractivity (Wildman–Crippen MR) is 61.9 cm³/mol. The number of nitrogens with one attached hydrogen (secondary N) is 2. The van der Waals surface area contributed by atoms with Gasteiger partial charge in [0.15, 0.2) is 5.13 Å². The molecule has 0 aromatic carbocycles. The van der Waals surface area contributed by atoms with Gasteiger partial charge >= 0.3 is 0 Å². The van der Waals surface area contributed by atoms with Crippen LogP contribution < -0.4 is 10.8 Å². The van der Waals surface area contributed by atoms with Gasteiger partial charge in [-0.25, -0.2) is 20.4 Å². The molecule has 0 spiro atoms. The molecule has 88 valence electrons. The summed E-state index contributed by atoms with van der Waals surface area (Å²) in [5.41, 5.74) is 2.46. The maximum absolute atomic E-state index is 11.4. The Morgan fingerprint density at radius 2 is 2.18 bits per heavy atom. The highest BCUT2D eigenvalue weighted by Crippen LogP contribution is 2.18. The number of rotatable bonds is 4. The summed E-state index contributed by atoms with van der Waals surface area (Å²) >= 11 is 1.28. The summed E-state index contributed by atoms with van der Waals surface area (Å²) in [4.78, 5) is 27.9. The molecule has 0 saturated heterocycles. The Labute approximate surface area is 101 Å². The van der Waals surface area contributed by atoms with Crippen molar-refractivity contribution in [3.8, 4) is 0 Å². The van der Waals surface area contributed by atoms with E-state index in [1.54, 1.807) is 23.8 Å². The number of hydrogen-bond donors (Lipinski definition) is 2. The normalized spacial score (nSPS) is 9.94. The van der Waals surface area contributed by atoms with Crippen LogP contribution in [-0.2, 0) is 4.84 Å². The van der Waals surface area contributed by atoms with Gasteiger partial charge in [0.1, 0.15) is 5.69 Å². The van der Waals surface area contributed by atoms with Gasteiger partial charge in [0.25, 0.3) is 5.91 Å². The number of anilines is 2. The Morgan fingerprint density at radius 3 is 2.88 bits per heavy atom. The Bertz CT molecular complexity index is 501. The summed E-state index contributed by atoms with van der Waals surface area (Å²) < 4.78 is 0. The largest absolute Gasteiger partial charge is 0.300 e. The minimum absolute atomic E-state index is 0.273. The van der Waals surface area contributed by atoms with Crippen molar-refractivity contribution >= 4 is 28.3 Å². The van der Waals surface area contributed by atoms with E-state index >= 15 is 0 Å². The minimum atomic E-state index is -0.397. The number of carbonyl (C=O) groups is 1.